The smallest absolute Gasteiger partial charge is 0.411 e. The van der Waals surface area contributed by atoms with Gasteiger partial charge in [-0.05, 0) is 68.9 Å². The number of methoxy groups -OCH3 is 2. The predicted octanol–water partition coefficient (Wildman–Crippen LogP) is 5.94. The molecule has 1 N–H and O–H groups in total. The van der Waals surface area contributed by atoms with Crippen molar-refractivity contribution in [2.45, 2.75) is 52.1 Å². The summed E-state index contributed by atoms with van der Waals surface area (Å²) in [6.07, 6.45) is 6.33. The van der Waals surface area contributed by atoms with Crippen LogP contribution in [0.2, 0.25) is 0 Å². The van der Waals surface area contributed by atoms with Crippen molar-refractivity contribution in [1.29, 1.82) is 0 Å². The molecule has 8 heteroatoms. The highest BCUT2D eigenvalue weighted by atomic mass is 16.6. The Balaban J connectivity index is 1.55. The van der Waals surface area contributed by atoms with Gasteiger partial charge in [0.05, 0.1) is 25.1 Å². The minimum atomic E-state index is -0.416. The van der Waals surface area contributed by atoms with Crippen molar-refractivity contribution < 1.29 is 23.7 Å². The standard InChI is InChI=1S/C25H29N3O5/c1-15-16(2)21(11-10-19(15)28-25(29)32-17-8-6-5-7-9-17)33-24-18-12-22(30-3)23(31-4)13-20(18)26-14-27-24/h10-14,17H,5-9H2,1-4H3,(H,28,29). The van der Waals surface area contributed by atoms with Crippen LogP contribution in [0, 0.1) is 13.8 Å². The first kappa shape index (κ1) is 22.6. The summed E-state index contributed by atoms with van der Waals surface area (Å²) in [5.74, 6) is 2.18. The molecule has 1 fully saturated rings. The lowest BCUT2D eigenvalue weighted by atomic mass is 9.98. The van der Waals surface area contributed by atoms with Crippen molar-refractivity contribution in [1.82, 2.24) is 9.97 Å². The molecule has 0 radical (unpaired) electrons. The fourth-order valence-electron chi connectivity index (χ4n) is 4.06. The first-order valence-electron chi connectivity index (χ1n) is 11.1. The lowest BCUT2D eigenvalue weighted by Gasteiger charge is -2.22. The molecule has 2 aromatic carbocycles. The molecule has 0 bridgehead atoms. The van der Waals surface area contributed by atoms with Gasteiger partial charge in [0.1, 0.15) is 18.2 Å². The molecule has 0 aliphatic heterocycles. The quantitative estimate of drug-likeness (QED) is 0.496. The zero-order valence-corrected chi connectivity index (χ0v) is 19.4. The first-order valence-corrected chi connectivity index (χ1v) is 11.1. The van der Waals surface area contributed by atoms with Crippen LogP contribution in [0.5, 0.6) is 23.1 Å². The van der Waals surface area contributed by atoms with Gasteiger partial charge in [-0.25, -0.2) is 14.8 Å². The van der Waals surface area contributed by atoms with Gasteiger partial charge in [-0.2, -0.15) is 0 Å². The summed E-state index contributed by atoms with van der Waals surface area (Å²) in [4.78, 5) is 21.0. The van der Waals surface area contributed by atoms with Crippen LogP contribution < -0.4 is 19.5 Å². The Morgan fingerprint density at radius 2 is 1.67 bits per heavy atom. The molecule has 0 unspecified atom stereocenters. The van der Waals surface area contributed by atoms with E-state index in [4.69, 9.17) is 18.9 Å². The minimum absolute atomic E-state index is 0.00409. The molecule has 0 spiro atoms. The zero-order valence-electron chi connectivity index (χ0n) is 19.4. The number of fused-ring (bicyclic) bond motifs is 1. The third-order valence-electron chi connectivity index (χ3n) is 6.11. The van der Waals surface area contributed by atoms with E-state index in [9.17, 15) is 4.79 Å². The van der Waals surface area contributed by atoms with Crippen LogP contribution in [0.4, 0.5) is 10.5 Å². The summed E-state index contributed by atoms with van der Waals surface area (Å²) in [5, 5.41) is 3.57. The number of rotatable bonds is 6. The Hall–Kier alpha value is -3.55. The number of aromatic nitrogens is 2. The van der Waals surface area contributed by atoms with E-state index in [0.717, 1.165) is 36.8 Å². The van der Waals surface area contributed by atoms with E-state index >= 15 is 0 Å². The van der Waals surface area contributed by atoms with Crippen molar-refractivity contribution in [3.05, 3.63) is 41.7 Å². The second-order valence-electron chi connectivity index (χ2n) is 8.16. The third-order valence-corrected chi connectivity index (χ3v) is 6.11. The van der Waals surface area contributed by atoms with Gasteiger partial charge in [0, 0.05) is 11.8 Å². The molecule has 1 heterocycles. The highest BCUT2D eigenvalue weighted by Crippen LogP contribution is 2.37. The van der Waals surface area contributed by atoms with Gasteiger partial charge in [0.15, 0.2) is 11.5 Å². The fraction of sp³-hybridized carbons (Fsp3) is 0.400. The summed E-state index contributed by atoms with van der Waals surface area (Å²) in [6, 6.07) is 7.20. The van der Waals surface area contributed by atoms with Gasteiger partial charge < -0.3 is 18.9 Å². The molecule has 0 atom stereocenters. The summed E-state index contributed by atoms with van der Waals surface area (Å²) in [7, 11) is 3.15. The molecule has 174 valence electrons. The number of ether oxygens (including phenoxy) is 4. The number of carbonyl (C=O) groups is 1. The lowest BCUT2D eigenvalue weighted by molar-refractivity contribution is 0.0865. The highest BCUT2D eigenvalue weighted by Gasteiger charge is 2.19. The van der Waals surface area contributed by atoms with Crippen molar-refractivity contribution in [2.75, 3.05) is 19.5 Å². The van der Waals surface area contributed by atoms with Gasteiger partial charge in [-0.3, -0.25) is 5.32 Å². The Bertz CT molecular complexity index is 1160. The average molecular weight is 452 g/mol. The maximum absolute atomic E-state index is 12.4. The predicted molar refractivity (Wildman–Crippen MR) is 126 cm³/mol. The molecule has 4 rings (SSSR count). The molecule has 1 aliphatic rings. The molecule has 1 aromatic heterocycles. The highest BCUT2D eigenvalue weighted by molar-refractivity contribution is 5.88. The SMILES string of the molecule is COc1cc2ncnc(Oc3ccc(NC(=O)OC4CCCCC4)c(C)c3C)c2cc1OC. The Kier molecular flexibility index (Phi) is 6.82. The summed E-state index contributed by atoms with van der Waals surface area (Å²) < 4.78 is 22.5. The topological polar surface area (TPSA) is 91.8 Å². The molecule has 1 aliphatic carbocycles. The van der Waals surface area contributed by atoms with E-state index in [1.807, 2.05) is 26.0 Å². The summed E-state index contributed by atoms with van der Waals surface area (Å²) in [5.41, 5.74) is 3.15. The number of hydrogen-bond acceptors (Lipinski definition) is 7. The van der Waals surface area contributed by atoms with Crippen LogP contribution in [-0.2, 0) is 4.74 Å². The number of benzene rings is 2. The normalized spacial score (nSPS) is 14.1. The van der Waals surface area contributed by atoms with E-state index in [2.05, 4.69) is 15.3 Å². The van der Waals surface area contributed by atoms with Crippen molar-refractivity contribution in [3.63, 3.8) is 0 Å². The number of amides is 1. The second-order valence-corrected chi connectivity index (χ2v) is 8.16. The second kappa shape index (κ2) is 9.94. The van der Waals surface area contributed by atoms with Crippen LogP contribution in [0.15, 0.2) is 30.6 Å². The zero-order chi connectivity index (χ0) is 23.4. The molecular formula is C25H29N3O5. The average Bonchev–Trinajstić information content (AvgIpc) is 2.83. The van der Waals surface area contributed by atoms with Gasteiger partial charge in [-0.1, -0.05) is 6.42 Å². The van der Waals surface area contributed by atoms with Gasteiger partial charge in [0.25, 0.3) is 0 Å². The van der Waals surface area contributed by atoms with Crippen LogP contribution in [0.25, 0.3) is 10.9 Å². The van der Waals surface area contributed by atoms with Gasteiger partial charge in [0.2, 0.25) is 5.88 Å². The number of nitrogens with one attached hydrogen (secondary N) is 1. The van der Waals surface area contributed by atoms with Crippen molar-refractivity contribution in [3.8, 4) is 23.1 Å². The third kappa shape index (κ3) is 4.94. The van der Waals surface area contributed by atoms with Crippen molar-refractivity contribution in [2.24, 2.45) is 0 Å². The fourth-order valence-corrected chi connectivity index (χ4v) is 4.06. The van der Waals surface area contributed by atoms with E-state index in [-0.39, 0.29) is 6.10 Å². The van der Waals surface area contributed by atoms with E-state index < -0.39 is 6.09 Å². The molecule has 3 aromatic rings. The minimum Gasteiger partial charge on any atom is -0.493 e. The Labute approximate surface area is 193 Å². The maximum atomic E-state index is 12.4. The van der Waals surface area contributed by atoms with Crippen LogP contribution in [-0.4, -0.2) is 36.4 Å². The van der Waals surface area contributed by atoms with Crippen LogP contribution in [0.1, 0.15) is 43.2 Å². The van der Waals surface area contributed by atoms with Crippen LogP contribution >= 0.6 is 0 Å². The largest absolute Gasteiger partial charge is 0.493 e. The van der Waals surface area contributed by atoms with Gasteiger partial charge >= 0.3 is 6.09 Å². The number of hydrogen-bond donors (Lipinski definition) is 1. The maximum Gasteiger partial charge on any atom is 0.411 e. The van der Waals surface area contributed by atoms with E-state index in [1.54, 1.807) is 26.4 Å². The molecule has 1 saturated carbocycles. The lowest BCUT2D eigenvalue weighted by Crippen LogP contribution is -2.24. The molecule has 33 heavy (non-hydrogen) atoms. The molecule has 1 amide bonds. The Morgan fingerprint density at radius 1 is 0.939 bits per heavy atom. The molecule has 8 nitrogen and oxygen atoms in total. The summed E-state index contributed by atoms with van der Waals surface area (Å²) >= 11 is 0. The summed E-state index contributed by atoms with van der Waals surface area (Å²) in [6.45, 7) is 3.87. The first-order chi connectivity index (χ1) is 16.0. The number of nitrogens with zero attached hydrogens (tertiary/aromatic N) is 2. The van der Waals surface area contributed by atoms with E-state index in [0.29, 0.717) is 39.7 Å². The molecular weight excluding hydrogens is 422 g/mol. The van der Waals surface area contributed by atoms with Crippen molar-refractivity contribution >= 4 is 22.7 Å². The number of anilines is 1. The van der Waals surface area contributed by atoms with E-state index in [1.165, 1.54) is 12.7 Å². The van der Waals surface area contributed by atoms with Crippen LogP contribution in [0.3, 0.4) is 0 Å². The van der Waals surface area contributed by atoms with Gasteiger partial charge in [-0.15, -0.1) is 0 Å². The monoisotopic (exact) mass is 451 g/mol. The molecule has 0 saturated heterocycles. The Morgan fingerprint density at radius 3 is 2.39 bits per heavy atom. The number of carbonyl (C=O) groups excluding carboxylic acids is 1.